The fraction of sp³-hybridized carbons (Fsp3) is 0.250. The molecule has 3 aromatic heterocycles. The Bertz CT molecular complexity index is 1320. The number of carbonyl (C=O) groups excluding carboxylic acids is 1. The Morgan fingerprint density at radius 1 is 1.12 bits per heavy atom. The number of anilines is 2. The highest BCUT2D eigenvalue weighted by Crippen LogP contribution is 2.33. The maximum atomic E-state index is 13.5. The van der Waals surface area contributed by atoms with Gasteiger partial charge in [0.15, 0.2) is 0 Å². The fourth-order valence-electron chi connectivity index (χ4n) is 4.34. The summed E-state index contributed by atoms with van der Waals surface area (Å²) in [5.74, 6) is 1.31. The second-order valence-electron chi connectivity index (χ2n) is 8.07. The highest BCUT2D eigenvalue weighted by Gasteiger charge is 2.33. The van der Waals surface area contributed by atoms with E-state index in [2.05, 4.69) is 15.3 Å². The first-order chi connectivity index (χ1) is 15.5. The van der Waals surface area contributed by atoms with Crippen LogP contribution >= 0.6 is 11.6 Å². The predicted molar refractivity (Wildman–Crippen MR) is 125 cm³/mol. The lowest BCUT2D eigenvalue weighted by Crippen LogP contribution is -2.32. The van der Waals surface area contributed by atoms with Crippen molar-refractivity contribution in [3.63, 3.8) is 0 Å². The summed E-state index contributed by atoms with van der Waals surface area (Å²) in [5, 5.41) is 4.82. The first-order valence-electron chi connectivity index (χ1n) is 10.6. The molecule has 8 heteroatoms. The normalized spacial score (nSPS) is 16.0. The van der Waals surface area contributed by atoms with Gasteiger partial charge in [-0.3, -0.25) is 9.78 Å². The number of fused-ring (bicyclic) bond motifs is 1. The third kappa shape index (κ3) is 3.80. The van der Waals surface area contributed by atoms with E-state index in [0.29, 0.717) is 28.9 Å². The van der Waals surface area contributed by atoms with E-state index in [4.69, 9.17) is 16.6 Å². The van der Waals surface area contributed by atoms with Gasteiger partial charge in [-0.1, -0.05) is 17.7 Å². The Hall–Kier alpha value is -3.45. The summed E-state index contributed by atoms with van der Waals surface area (Å²) in [7, 11) is 1.91. The van der Waals surface area contributed by atoms with Crippen molar-refractivity contribution in [1.29, 1.82) is 0 Å². The number of hydrogen-bond acceptors (Lipinski definition) is 5. The molecule has 1 amide bonds. The van der Waals surface area contributed by atoms with Crippen LogP contribution in [0.5, 0.6) is 0 Å². The zero-order valence-corrected chi connectivity index (χ0v) is 18.7. The van der Waals surface area contributed by atoms with Gasteiger partial charge in [-0.05, 0) is 56.2 Å². The van der Waals surface area contributed by atoms with E-state index in [9.17, 15) is 4.79 Å². The van der Waals surface area contributed by atoms with Crippen LogP contribution in [-0.4, -0.2) is 36.9 Å². The molecule has 0 spiro atoms. The molecule has 1 fully saturated rings. The Morgan fingerprint density at radius 2 is 2.00 bits per heavy atom. The summed E-state index contributed by atoms with van der Waals surface area (Å²) in [6.45, 7) is 2.63. The van der Waals surface area contributed by atoms with Gasteiger partial charge < -0.3 is 14.8 Å². The summed E-state index contributed by atoms with van der Waals surface area (Å²) in [6, 6.07) is 13.2. The van der Waals surface area contributed by atoms with Crippen LogP contribution in [0.15, 0.2) is 54.9 Å². The summed E-state index contributed by atoms with van der Waals surface area (Å²) < 4.78 is 1.93. The number of nitrogens with zero attached hydrogens (tertiary/aromatic N) is 5. The molecule has 5 rings (SSSR count). The molecule has 32 heavy (non-hydrogen) atoms. The van der Waals surface area contributed by atoms with Crippen molar-refractivity contribution in [2.75, 3.05) is 11.9 Å². The molecular weight excluding hydrogens is 424 g/mol. The highest BCUT2D eigenvalue weighted by atomic mass is 35.5. The standard InChI is InChI=1S/C24H23ClN6O/c1-15-5-3-7-22(27-15)29-23-14-26-13-18(28-23)20-6-4-10-31(20)24(32)21-12-16-11-17(25)8-9-19(16)30(21)2/h3,5,7-9,11-14,20H,4,6,10H2,1-2H3,(H,27,28,29). The van der Waals surface area contributed by atoms with E-state index in [1.54, 1.807) is 12.4 Å². The van der Waals surface area contributed by atoms with Gasteiger partial charge in [0.2, 0.25) is 0 Å². The molecule has 0 saturated carbocycles. The lowest BCUT2D eigenvalue weighted by molar-refractivity contribution is 0.0723. The number of pyridine rings is 1. The minimum Gasteiger partial charge on any atom is -0.340 e. The Kier molecular flexibility index (Phi) is 5.27. The molecule has 0 radical (unpaired) electrons. The summed E-state index contributed by atoms with van der Waals surface area (Å²) in [6.07, 6.45) is 5.18. The van der Waals surface area contributed by atoms with E-state index in [0.717, 1.165) is 35.1 Å². The van der Waals surface area contributed by atoms with E-state index in [-0.39, 0.29) is 11.9 Å². The summed E-state index contributed by atoms with van der Waals surface area (Å²) in [4.78, 5) is 29.0. The smallest absolute Gasteiger partial charge is 0.271 e. The van der Waals surface area contributed by atoms with Crippen molar-refractivity contribution in [2.45, 2.75) is 25.8 Å². The molecule has 0 aliphatic carbocycles. The molecule has 1 aliphatic rings. The van der Waals surface area contributed by atoms with Crippen LogP contribution in [0.2, 0.25) is 5.02 Å². The molecular formula is C24H23ClN6O. The van der Waals surface area contributed by atoms with Crippen LogP contribution < -0.4 is 5.32 Å². The molecule has 1 aromatic carbocycles. The van der Waals surface area contributed by atoms with Crippen LogP contribution in [0.3, 0.4) is 0 Å². The average molecular weight is 447 g/mol. The largest absolute Gasteiger partial charge is 0.340 e. The number of carbonyl (C=O) groups is 1. The van der Waals surface area contributed by atoms with Crippen LogP contribution in [-0.2, 0) is 7.05 Å². The zero-order chi connectivity index (χ0) is 22.2. The average Bonchev–Trinajstić information content (AvgIpc) is 3.38. The van der Waals surface area contributed by atoms with E-state index < -0.39 is 0 Å². The van der Waals surface area contributed by atoms with Gasteiger partial charge >= 0.3 is 0 Å². The topological polar surface area (TPSA) is 75.9 Å². The van der Waals surface area contributed by atoms with Crippen molar-refractivity contribution >= 4 is 40.0 Å². The fourth-order valence-corrected chi connectivity index (χ4v) is 4.52. The highest BCUT2D eigenvalue weighted by molar-refractivity contribution is 6.31. The van der Waals surface area contributed by atoms with Gasteiger partial charge in [0.1, 0.15) is 17.3 Å². The predicted octanol–water partition coefficient (Wildman–Crippen LogP) is 5.05. The number of amides is 1. The Labute approximate surface area is 191 Å². The van der Waals surface area contributed by atoms with Crippen LogP contribution in [0, 0.1) is 6.92 Å². The van der Waals surface area contributed by atoms with Crippen molar-refractivity contribution in [2.24, 2.45) is 7.05 Å². The van der Waals surface area contributed by atoms with E-state index >= 15 is 0 Å². The summed E-state index contributed by atoms with van der Waals surface area (Å²) >= 11 is 6.14. The van der Waals surface area contributed by atoms with Gasteiger partial charge in [-0.2, -0.15) is 0 Å². The third-order valence-corrected chi connectivity index (χ3v) is 6.11. The molecule has 1 atom stereocenters. The first kappa shape index (κ1) is 20.5. The van der Waals surface area contributed by atoms with Gasteiger partial charge in [0.25, 0.3) is 5.91 Å². The minimum absolute atomic E-state index is 0.0113. The molecule has 1 aliphatic heterocycles. The molecule has 162 valence electrons. The maximum absolute atomic E-state index is 13.5. The second-order valence-corrected chi connectivity index (χ2v) is 8.50. The number of benzene rings is 1. The number of likely N-dealkylation sites (tertiary alicyclic amines) is 1. The molecule has 1 N–H and O–H groups in total. The number of aromatic nitrogens is 4. The Balaban J connectivity index is 1.42. The van der Waals surface area contributed by atoms with Crippen LogP contribution in [0.4, 0.5) is 11.6 Å². The van der Waals surface area contributed by atoms with Crippen molar-refractivity contribution in [3.05, 3.63) is 77.0 Å². The monoisotopic (exact) mass is 446 g/mol. The molecule has 1 saturated heterocycles. The first-order valence-corrected chi connectivity index (χ1v) is 11.0. The quantitative estimate of drug-likeness (QED) is 0.475. The summed E-state index contributed by atoms with van der Waals surface area (Å²) in [5.41, 5.74) is 3.31. The van der Waals surface area contributed by atoms with Crippen molar-refractivity contribution in [1.82, 2.24) is 24.4 Å². The zero-order valence-electron chi connectivity index (χ0n) is 17.9. The minimum atomic E-state index is -0.121. The third-order valence-electron chi connectivity index (χ3n) is 5.88. The van der Waals surface area contributed by atoms with E-state index in [1.807, 2.05) is 65.9 Å². The van der Waals surface area contributed by atoms with Gasteiger partial charge in [-0.25, -0.2) is 9.97 Å². The second kappa shape index (κ2) is 8.24. The number of rotatable bonds is 4. The number of halogens is 1. The maximum Gasteiger partial charge on any atom is 0.271 e. The van der Waals surface area contributed by atoms with Gasteiger partial charge in [-0.15, -0.1) is 0 Å². The van der Waals surface area contributed by atoms with E-state index in [1.165, 1.54) is 0 Å². The Morgan fingerprint density at radius 3 is 2.84 bits per heavy atom. The van der Waals surface area contributed by atoms with Crippen molar-refractivity contribution in [3.8, 4) is 0 Å². The van der Waals surface area contributed by atoms with Gasteiger partial charge in [0.05, 0.1) is 24.1 Å². The molecule has 4 aromatic rings. The lowest BCUT2D eigenvalue weighted by Gasteiger charge is -2.24. The number of hydrogen-bond donors (Lipinski definition) is 1. The number of nitrogens with one attached hydrogen (secondary N) is 1. The van der Waals surface area contributed by atoms with Gasteiger partial charge in [0, 0.05) is 35.2 Å². The van der Waals surface area contributed by atoms with Crippen LogP contribution in [0.25, 0.3) is 10.9 Å². The molecule has 0 bridgehead atoms. The SMILES string of the molecule is Cc1cccc(Nc2cncc(C3CCCN3C(=O)c3cc4cc(Cl)ccc4n3C)n2)n1. The lowest BCUT2D eigenvalue weighted by atomic mass is 10.1. The van der Waals surface area contributed by atoms with Crippen molar-refractivity contribution < 1.29 is 4.79 Å². The molecule has 1 unspecified atom stereocenters. The number of aryl methyl sites for hydroxylation is 2. The molecule has 7 nitrogen and oxygen atoms in total. The molecule has 4 heterocycles. The van der Waals surface area contributed by atoms with Crippen LogP contribution in [0.1, 0.15) is 40.8 Å².